The van der Waals surface area contributed by atoms with Crippen molar-refractivity contribution in [3.8, 4) is 6.07 Å². The maximum absolute atomic E-state index is 8.20. The van der Waals surface area contributed by atoms with Crippen LogP contribution in [0.25, 0.3) is 0 Å². The minimum absolute atomic E-state index is 0.435. The minimum Gasteiger partial charge on any atom is -0.374 e. The first kappa shape index (κ1) is 7.75. The molecule has 0 atom stereocenters. The highest BCUT2D eigenvalue weighted by Gasteiger charge is 1.97. The van der Waals surface area contributed by atoms with E-state index in [0.29, 0.717) is 23.2 Å². The van der Waals surface area contributed by atoms with Gasteiger partial charge in [-0.2, -0.15) is 5.26 Å². The van der Waals surface area contributed by atoms with Crippen LogP contribution >= 0.6 is 11.3 Å². The van der Waals surface area contributed by atoms with Crippen molar-refractivity contribution in [2.45, 2.75) is 6.42 Å². The highest BCUT2D eigenvalue weighted by molar-refractivity contribution is 7.18. The predicted molar refractivity (Wildman–Crippen MR) is 43.0 cm³/mol. The highest BCUT2D eigenvalue weighted by atomic mass is 32.1. The van der Waals surface area contributed by atoms with Gasteiger partial charge in [0.2, 0.25) is 10.3 Å². The molecule has 58 valence electrons. The van der Waals surface area contributed by atoms with Gasteiger partial charge in [0, 0.05) is 6.54 Å². The molecule has 1 aromatic heterocycles. The molecule has 1 heterocycles. The van der Waals surface area contributed by atoms with Crippen molar-refractivity contribution >= 4 is 21.6 Å². The maximum atomic E-state index is 8.20. The first-order chi connectivity index (χ1) is 5.33. The van der Waals surface area contributed by atoms with Crippen LogP contribution in [-0.4, -0.2) is 16.7 Å². The first-order valence-corrected chi connectivity index (χ1v) is 3.84. The van der Waals surface area contributed by atoms with Crippen molar-refractivity contribution in [2.75, 3.05) is 17.6 Å². The zero-order valence-electron chi connectivity index (χ0n) is 5.74. The number of nitriles is 1. The van der Waals surface area contributed by atoms with Crippen LogP contribution in [0.3, 0.4) is 0 Å². The summed E-state index contributed by atoms with van der Waals surface area (Å²) in [7, 11) is 0. The van der Waals surface area contributed by atoms with E-state index in [1.165, 1.54) is 11.3 Å². The van der Waals surface area contributed by atoms with Crippen LogP contribution < -0.4 is 11.1 Å². The lowest BCUT2D eigenvalue weighted by atomic mass is 10.5. The average Bonchev–Trinajstić information content (AvgIpc) is 2.37. The third-order valence-electron chi connectivity index (χ3n) is 0.954. The Bertz CT molecular complexity index is 262. The van der Waals surface area contributed by atoms with E-state index in [0.717, 1.165) is 0 Å². The Hall–Kier alpha value is -1.35. The highest BCUT2D eigenvalue weighted by Crippen LogP contribution is 2.15. The number of nitrogens with zero attached hydrogens (tertiary/aromatic N) is 3. The Balaban J connectivity index is 2.34. The van der Waals surface area contributed by atoms with Gasteiger partial charge in [0.15, 0.2) is 0 Å². The van der Waals surface area contributed by atoms with E-state index in [1.54, 1.807) is 0 Å². The molecule has 3 N–H and O–H groups in total. The van der Waals surface area contributed by atoms with Gasteiger partial charge in [0.1, 0.15) is 0 Å². The van der Waals surface area contributed by atoms with E-state index >= 15 is 0 Å². The fraction of sp³-hybridized carbons (Fsp3) is 0.400. The smallest absolute Gasteiger partial charge is 0.207 e. The normalized spacial score (nSPS) is 9.00. The molecule has 0 aliphatic heterocycles. The lowest BCUT2D eigenvalue weighted by Gasteiger charge is -1.93. The van der Waals surface area contributed by atoms with Crippen LogP contribution in [0.5, 0.6) is 0 Å². The SMILES string of the molecule is N#CCCNc1nnc(N)s1. The van der Waals surface area contributed by atoms with E-state index in [4.69, 9.17) is 11.0 Å². The minimum atomic E-state index is 0.435. The van der Waals surface area contributed by atoms with Gasteiger partial charge in [-0.05, 0) is 0 Å². The molecule has 0 amide bonds. The summed E-state index contributed by atoms with van der Waals surface area (Å²) in [5, 5.41) is 19.5. The third kappa shape index (κ3) is 2.39. The summed E-state index contributed by atoms with van der Waals surface area (Å²) in [5.41, 5.74) is 5.32. The summed E-state index contributed by atoms with van der Waals surface area (Å²) >= 11 is 1.27. The third-order valence-corrected chi connectivity index (χ3v) is 1.66. The zero-order chi connectivity index (χ0) is 8.10. The van der Waals surface area contributed by atoms with Gasteiger partial charge >= 0.3 is 0 Å². The van der Waals surface area contributed by atoms with Gasteiger partial charge in [-0.1, -0.05) is 11.3 Å². The molecule has 0 saturated carbocycles. The number of nitrogens with two attached hydrogens (primary N) is 1. The molecule has 1 aromatic rings. The van der Waals surface area contributed by atoms with Crippen molar-refractivity contribution < 1.29 is 0 Å². The summed E-state index contributed by atoms with van der Waals surface area (Å²) in [5.74, 6) is 0. The van der Waals surface area contributed by atoms with Crippen molar-refractivity contribution in [3.63, 3.8) is 0 Å². The summed E-state index contributed by atoms with van der Waals surface area (Å²) in [6, 6.07) is 2.01. The van der Waals surface area contributed by atoms with Crippen LogP contribution in [0.15, 0.2) is 0 Å². The van der Waals surface area contributed by atoms with Crippen LogP contribution in [0.1, 0.15) is 6.42 Å². The monoisotopic (exact) mass is 169 g/mol. The molecule has 0 saturated heterocycles. The Morgan fingerprint density at radius 1 is 1.64 bits per heavy atom. The molecule has 0 unspecified atom stereocenters. The number of rotatable bonds is 3. The average molecular weight is 169 g/mol. The second kappa shape index (κ2) is 3.73. The van der Waals surface area contributed by atoms with Gasteiger partial charge in [0.25, 0.3) is 0 Å². The standard InChI is InChI=1S/C5H7N5S/c6-2-1-3-8-5-10-9-4(7)11-5/h1,3H2,(H2,7,9)(H,8,10). The van der Waals surface area contributed by atoms with Gasteiger partial charge in [0.05, 0.1) is 12.5 Å². The lowest BCUT2D eigenvalue weighted by molar-refractivity contribution is 1.03. The largest absolute Gasteiger partial charge is 0.374 e. The van der Waals surface area contributed by atoms with Crippen molar-refractivity contribution in [2.24, 2.45) is 0 Å². The Kier molecular flexibility index (Phi) is 2.63. The quantitative estimate of drug-likeness (QED) is 0.641. The van der Waals surface area contributed by atoms with E-state index < -0.39 is 0 Å². The van der Waals surface area contributed by atoms with Crippen LogP contribution in [0.4, 0.5) is 10.3 Å². The van der Waals surface area contributed by atoms with E-state index in [1.807, 2.05) is 6.07 Å². The summed E-state index contributed by atoms with van der Waals surface area (Å²) < 4.78 is 0. The molecule has 11 heavy (non-hydrogen) atoms. The summed E-state index contributed by atoms with van der Waals surface area (Å²) in [6.45, 7) is 0.588. The topological polar surface area (TPSA) is 87.6 Å². The van der Waals surface area contributed by atoms with Gasteiger partial charge in [-0.3, -0.25) is 0 Å². The molecule has 0 aliphatic carbocycles. The second-order valence-electron chi connectivity index (χ2n) is 1.78. The molecular formula is C5H7N5S. The molecule has 0 aromatic carbocycles. The van der Waals surface area contributed by atoms with Crippen LogP contribution in [0.2, 0.25) is 0 Å². The number of nitrogens with one attached hydrogen (secondary N) is 1. The maximum Gasteiger partial charge on any atom is 0.207 e. The van der Waals surface area contributed by atoms with Crippen LogP contribution in [-0.2, 0) is 0 Å². The number of hydrogen-bond acceptors (Lipinski definition) is 6. The number of aromatic nitrogens is 2. The molecule has 0 bridgehead atoms. The molecule has 0 fully saturated rings. The number of hydrogen-bond donors (Lipinski definition) is 2. The molecule has 5 nitrogen and oxygen atoms in total. The number of anilines is 2. The van der Waals surface area contributed by atoms with Crippen molar-refractivity contribution in [1.29, 1.82) is 5.26 Å². The molecule has 1 rings (SSSR count). The molecule has 0 radical (unpaired) electrons. The molecule has 6 heteroatoms. The second-order valence-corrected chi connectivity index (χ2v) is 2.79. The Labute approximate surface area is 67.9 Å². The van der Waals surface area contributed by atoms with E-state index in [-0.39, 0.29) is 0 Å². The Morgan fingerprint density at radius 2 is 2.45 bits per heavy atom. The summed E-state index contributed by atoms with van der Waals surface area (Å²) in [4.78, 5) is 0. The zero-order valence-corrected chi connectivity index (χ0v) is 6.56. The van der Waals surface area contributed by atoms with Crippen LogP contribution in [0, 0.1) is 11.3 Å². The first-order valence-electron chi connectivity index (χ1n) is 3.02. The van der Waals surface area contributed by atoms with Crippen molar-refractivity contribution in [1.82, 2.24) is 10.2 Å². The Morgan fingerprint density at radius 3 is 3.00 bits per heavy atom. The lowest BCUT2D eigenvalue weighted by Crippen LogP contribution is -1.99. The van der Waals surface area contributed by atoms with Gasteiger partial charge in [-0.15, -0.1) is 10.2 Å². The molecule has 0 aliphatic rings. The van der Waals surface area contributed by atoms with E-state index in [9.17, 15) is 0 Å². The van der Waals surface area contributed by atoms with Crippen molar-refractivity contribution in [3.05, 3.63) is 0 Å². The number of nitrogen functional groups attached to an aromatic ring is 1. The fourth-order valence-electron chi connectivity index (χ4n) is 0.531. The summed E-state index contributed by atoms with van der Waals surface area (Å²) in [6.07, 6.45) is 0.458. The van der Waals surface area contributed by atoms with Gasteiger partial charge in [-0.25, -0.2) is 0 Å². The molecule has 0 spiro atoms. The predicted octanol–water partition coefficient (Wildman–Crippen LogP) is 0.446. The van der Waals surface area contributed by atoms with Gasteiger partial charge < -0.3 is 11.1 Å². The van der Waals surface area contributed by atoms with E-state index in [2.05, 4.69) is 15.5 Å². The fourth-order valence-corrected chi connectivity index (χ4v) is 1.07. The molecular weight excluding hydrogens is 162 g/mol.